The summed E-state index contributed by atoms with van der Waals surface area (Å²) in [5.41, 5.74) is 1.79. The monoisotopic (exact) mass is 495 g/mol. The van der Waals surface area contributed by atoms with Crippen molar-refractivity contribution in [2.24, 2.45) is 18.9 Å². The Balaban J connectivity index is 1.40. The van der Waals surface area contributed by atoms with Crippen molar-refractivity contribution in [2.45, 2.75) is 46.2 Å². The maximum absolute atomic E-state index is 13.3. The molecule has 2 atom stereocenters. The van der Waals surface area contributed by atoms with Crippen molar-refractivity contribution in [3.63, 3.8) is 0 Å². The molecule has 0 radical (unpaired) electrons. The third-order valence-electron chi connectivity index (χ3n) is 6.50. The smallest absolute Gasteiger partial charge is 0.264 e. The van der Waals surface area contributed by atoms with E-state index in [1.165, 1.54) is 4.68 Å². The van der Waals surface area contributed by atoms with Crippen LogP contribution in [-0.4, -0.2) is 56.5 Å². The molecule has 1 saturated heterocycles. The fourth-order valence-electron chi connectivity index (χ4n) is 4.42. The van der Waals surface area contributed by atoms with Crippen molar-refractivity contribution in [2.75, 3.05) is 23.7 Å². The highest BCUT2D eigenvalue weighted by atomic mass is 16.2. The number of hydrogen-bond acceptors (Lipinski definition) is 6. The van der Waals surface area contributed by atoms with Crippen LogP contribution < -0.4 is 16.0 Å². The maximum atomic E-state index is 13.3. The number of anilines is 2. The fraction of sp³-hybridized carbons (Fsp3) is 0.480. The van der Waals surface area contributed by atoms with Crippen LogP contribution in [0, 0.1) is 11.8 Å². The summed E-state index contributed by atoms with van der Waals surface area (Å²) in [5.74, 6) is -1.23. The molecule has 1 fully saturated rings. The molecule has 4 rings (SSSR count). The van der Waals surface area contributed by atoms with E-state index in [2.05, 4.69) is 21.0 Å². The lowest BCUT2D eigenvalue weighted by atomic mass is 9.98. The van der Waals surface area contributed by atoms with Gasteiger partial charge in [-0.15, -0.1) is 0 Å². The van der Waals surface area contributed by atoms with Crippen LogP contribution >= 0.6 is 0 Å². The lowest BCUT2D eigenvalue weighted by Crippen LogP contribution is -2.46. The molecule has 2 aromatic rings. The Morgan fingerprint density at radius 3 is 2.58 bits per heavy atom. The topological polar surface area (TPSA) is 129 Å². The predicted octanol–water partition coefficient (Wildman–Crippen LogP) is 1.80. The fourth-order valence-corrected chi connectivity index (χ4v) is 4.42. The molecule has 11 heteroatoms. The Kier molecular flexibility index (Phi) is 7.39. The molecule has 2 aliphatic heterocycles. The molecule has 11 nitrogen and oxygen atoms in total. The van der Waals surface area contributed by atoms with Gasteiger partial charge < -0.3 is 16.0 Å². The van der Waals surface area contributed by atoms with E-state index in [0.29, 0.717) is 24.7 Å². The zero-order valence-electron chi connectivity index (χ0n) is 21.1. The molecule has 4 amide bonds. The van der Waals surface area contributed by atoms with Crippen molar-refractivity contribution in [3.8, 4) is 0 Å². The summed E-state index contributed by atoms with van der Waals surface area (Å²) in [6, 6.07) is 8.40. The van der Waals surface area contributed by atoms with Gasteiger partial charge >= 0.3 is 0 Å². The molecular formula is C25H33N7O4. The number of carbonyl (C=O) groups excluding carboxylic acids is 4. The highest BCUT2D eigenvalue weighted by molar-refractivity contribution is 5.96. The van der Waals surface area contributed by atoms with Crippen LogP contribution in [0.25, 0.3) is 0 Å². The van der Waals surface area contributed by atoms with E-state index in [4.69, 9.17) is 0 Å². The summed E-state index contributed by atoms with van der Waals surface area (Å²) in [4.78, 5) is 51.0. The molecule has 36 heavy (non-hydrogen) atoms. The zero-order valence-corrected chi connectivity index (χ0v) is 21.1. The largest absolute Gasteiger partial charge is 0.340 e. The third-order valence-corrected chi connectivity index (χ3v) is 6.50. The number of aryl methyl sites for hydroxylation is 1. The summed E-state index contributed by atoms with van der Waals surface area (Å²) >= 11 is 0. The first kappa shape index (κ1) is 25.4. The van der Waals surface area contributed by atoms with Gasteiger partial charge in [-0.05, 0) is 17.5 Å². The second-order valence-corrected chi connectivity index (χ2v) is 9.68. The van der Waals surface area contributed by atoms with E-state index >= 15 is 0 Å². The third kappa shape index (κ3) is 5.40. The lowest BCUT2D eigenvalue weighted by molar-refractivity contribution is -0.148. The SMILES string of the molecule is CC(C)C(=O)Nc1cc(NC(=O)C[C@@H](C)C(=O)N[C@@H]2C(=O)N3CCCN3Cc3ccccc32)n(C)n1. The molecule has 1 aromatic carbocycles. The quantitative estimate of drug-likeness (QED) is 0.537. The number of hydrazine groups is 1. The van der Waals surface area contributed by atoms with Crippen LogP contribution in [0.1, 0.15) is 50.8 Å². The first-order chi connectivity index (χ1) is 17.1. The number of fused-ring (bicyclic) bond motifs is 2. The van der Waals surface area contributed by atoms with Crippen LogP contribution in [0.15, 0.2) is 30.3 Å². The minimum atomic E-state index is -0.800. The Bertz CT molecular complexity index is 1170. The van der Waals surface area contributed by atoms with Crippen molar-refractivity contribution in [3.05, 3.63) is 41.5 Å². The van der Waals surface area contributed by atoms with Gasteiger partial charge in [0.15, 0.2) is 5.82 Å². The van der Waals surface area contributed by atoms with Gasteiger partial charge in [-0.2, -0.15) is 5.10 Å². The standard InChI is InChI=1S/C25H33N7O4/c1-15(2)23(34)26-19-13-20(30(4)29-19)27-21(33)12-16(3)24(35)28-22-18-9-6-5-8-17(18)14-31-10-7-11-32(31)25(22)36/h5-6,8-9,13,15-16,22H,7,10-12,14H2,1-4H3,(H,27,33)(H,28,35)(H,26,29,34)/t16-,22+/m1/s1. The molecular weight excluding hydrogens is 462 g/mol. The first-order valence-corrected chi connectivity index (χ1v) is 12.2. The molecule has 2 aliphatic rings. The summed E-state index contributed by atoms with van der Waals surface area (Å²) in [6.07, 6.45) is 0.811. The first-order valence-electron chi connectivity index (χ1n) is 12.2. The molecule has 0 aliphatic carbocycles. The van der Waals surface area contributed by atoms with Crippen LogP contribution in [-0.2, 0) is 32.8 Å². The van der Waals surface area contributed by atoms with E-state index in [1.54, 1.807) is 38.9 Å². The van der Waals surface area contributed by atoms with Gasteiger partial charge in [-0.1, -0.05) is 45.0 Å². The average Bonchev–Trinajstić information content (AvgIpc) is 3.40. The normalized spacial score (nSPS) is 18.3. The predicted molar refractivity (Wildman–Crippen MR) is 133 cm³/mol. The van der Waals surface area contributed by atoms with Gasteiger partial charge in [-0.25, -0.2) is 5.01 Å². The summed E-state index contributed by atoms with van der Waals surface area (Å²) in [7, 11) is 1.65. The van der Waals surface area contributed by atoms with Crippen LogP contribution in [0.2, 0.25) is 0 Å². The Labute approximate surface area is 210 Å². The lowest BCUT2D eigenvalue weighted by Gasteiger charge is -2.28. The van der Waals surface area contributed by atoms with E-state index < -0.39 is 12.0 Å². The summed E-state index contributed by atoms with van der Waals surface area (Å²) in [6.45, 7) is 7.25. The van der Waals surface area contributed by atoms with Crippen molar-refractivity contribution >= 4 is 35.3 Å². The van der Waals surface area contributed by atoms with Crippen LogP contribution in [0.4, 0.5) is 11.6 Å². The van der Waals surface area contributed by atoms with Crippen molar-refractivity contribution in [1.29, 1.82) is 0 Å². The van der Waals surface area contributed by atoms with Crippen LogP contribution in [0.3, 0.4) is 0 Å². The Morgan fingerprint density at radius 2 is 1.83 bits per heavy atom. The van der Waals surface area contributed by atoms with Crippen molar-refractivity contribution in [1.82, 2.24) is 25.1 Å². The van der Waals surface area contributed by atoms with E-state index in [0.717, 1.165) is 24.1 Å². The zero-order chi connectivity index (χ0) is 26.0. The molecule has 192 valence electrons. The number of nitrogens with zero attached hydrogens (tertiary/aromatic N) is 4. The summed E-state index contributed by atoms with van der Waals surface area (Å²) < 4.78 is 1.45. The number of benzene rings is 1. The second-order valence-electron chi connectivity index (χ2n) is 9.68. The number of aromatic nitrogens is 2. The number of amides is 4. The molecule has 0 saturated carbocycles. The number of nitrogens with one attached hydrogen (secondary N) is 3. The molecule has 3 heterocycles. The van der Waals surface area contributed by atoms with Crippen molar-refractivity contribution < 1.29 is 19.2 Å². The summed E-state index contributed by atoms with van der Waals surface area (Å²) in [5, 5.41) is 16.2. The minimum Gasteiger partial charge on any atom is -0.340 e. The average molecular weight is 496 g/mol. The molecule has 0 bridgehead atoms. The molecule has 0 spiro atoms. The van der Waals surface area contributed by atoms with Gasteiger partial charge in [-0.3, -0.25) is 28.9 Å². The maximum Gasteiger partial charge on any atom is 0.264 e. The Morgan fingerprint density at radius 1 is 1.08 bits per heavy atom. The molecule has 0 unspecified atom stereocenters. The van der Waals surface area contributed by atoms with Gasteiger partial charge in [0.1, 0.15) is 11.9 Å². The van der Waals surface area contributed by atoms with Crippen LogP contribution in [0.5, 0.6) is 0 Å². The molecule has 1 aromatic heterocycles. The highest BCUT2D eigenvalue weighted by Gasteiger charge is 2.38. The second kappa shape index (κ2) is 10.5. The number of rotatable bonds is 7. The number of hydrogen-bond donors (Lipinski definition) is 3. The van der Waals surface area contributed by atoms with E-state index in [-0.39, 0.29) is 36.0 Å². The van der Waals surface area contributed by atoms with Gasteiger partial charge in [0.05, 0.1) is 0 Å². The van der Waals surface area contributed by atoms with Gasteiger partial charge in [0.25, 0.3) is 5.91 Å². The Hall–Kier alpha value is -3.73. The van der Waals surface area contributed by atoms with Gasteiger partial charge in [0.2, 0.25) is 17.7 Å². The molecule has 3 N–H and O–H groups in total. The number of carbonyl (C=O) groups is 4. The highest BCUT2D eigenvalue weighted by Crippen LogP contribution is 2.30. The minimum absolute atomic E-state index is 0.0803. The van der Waals surface area contributed by atoms with Gasteiger partial charge in [0, 0.05) is 51.0 Å². The van der Waals surface area contributed by atoms with E-state index in [9.17, 15) is 19.2 Å². The van der Waals surface area contributed by atoms with E-state index in [1.807, 2.05) is 29.3 Å².